The zero-order chi connectivity index (χ0) is 15.6. The van der Waals surface area contributed by atoms with Crippen LogP contribution in [-0.2, 0) is 14.3 Å². The van der Waals surface area contributed by atoms with Crippen LogP contribution in [0.25, 0.3) is 0 Å². The van der Waals surface area contributed by atoms with Gasteiger partial charge >= 0.3 is 12.1 Å². The van der Waals surface area contributed by atoms with Crippen LogP contribution in [0.15, 0.2) is 18.5 Å². The second kappa shape index (κ2) is 5.90. The number of ether oxygens (including phenoxy) is 2. The van der Waals surface area contributed by atoms with E-state index in [9.17, 15) is 9.59 Å². The Labute approximate surface area is 128 Å². The molecule has 1 aromatic heterocycles. The smallest absolute Gasteiger partial charge is 0.417 e. The van der Waals surface area contributed by atoms with Crippen LogP contribution < -0.4 is 4.90 Å². The predicted octanol–water partition coefficient (Wildman–Crippen LogP) is 1.93. The lowest BCUT2D eigenvalue weighted by Gasteiger charge is -2.33. The minimum atomic E-state index is -0.528. The molecule has 1 aliphatic heterocycles. The van der Waals surface area contributed by atoms with Crippen molar-refractivity contribution in [2.75, 3.05) is 18.1 Å². The summed E-state index contributed by atoms with van der Waals surface area (Å²) in [5.74, 6) is 0.119. The Kier molecular flexibility index (Phi) is 3.96. The highest BCUT2D eigenvalue weighted by molar-refractivity contribution is 5.88. The largest absolute Gasteiger partial charge is 0.466 e. The maximum absolute atomic E-state index is 12.1. The molecule has 2 fully saturated rings. The summed E-state index contributed by atoms with van der Waals surface area (Å²) in [5.41, 5.74) is -0.528. The number of anilines is 1. The highest BCUT2D eigenvalue weighted by Gasteiger charge is 2.49. The molecule has 0 unspecified atom stereocenters. The van der Waals surface area contributed by atoms with Gasteiger partial charge in [0.2, 0.25) is 5.95 Å². The van der Waals surface area contributed by atoms with Crippen LogP contribution in [0.5, 0.6) is 0 Å². The summed E-state index contributed by atoms with van der Waals surface area (Å²) >= 11 is 0. The zero-order valence-corrected chi connectivity index (χ0v) is 12.5. The molecule has 0 N–H and O–H groups in total. The van der Waals surface area contributed by atoms with Crippen LogP contribution in [0.4, 0.5) is 10.7 Å². The highest BCUT2D eigenvalue weighted by Crippen LogP contribution is 2.40. The SMILES string of the molecule is CCOC(=O)[C@H]1CC[C@]2(CC1)CN(c1ncccn1)C(=O)O2. The third kappa shape index (κ3) is 2.75. The van der Waals surface area contributed by atoms with Crippen molar-refractivity contribution >= 4 is 18.0 Å². The van der Waals surface area contributed by atoms with Crippen LogP contribution in [0.2, 0.25) is 0 Å². The Morgan fingerprint density at radius 2 is 2.09 bits per heavy atom. The number of nitrogens with zero attached hydrogens (tertiary/aromatic N) is 3. The Morgan fingerprint density at radius 3 is 2.73 bits per heavy atom. The molecule has 1 aromatic rings. The van der Waals surface area contributed by atoms with Crippen molar-refractivity contribution < 1.29 is 19.1 Å². The summed E-state index contributed by atoms with van der Waals surface area (Å²) in [4.78, 5) is 33.5. The summed E-state index contributed by atoms with van der Waals surface area (Å²) in [5, 5.41) is 0. The average Bonchev–Trinajstić information content (AvgIpc) is 2.85. The first-order valence-corrected chi connectivity index (χ1v) is 7.58. The summed E-state index contributed by atoms with van der Waals surface area (Å²) < 4.78 is 10.7. The molecule has 1 saturated heterocycles. The zero-order valence-electron chi connectivity index (χ0n) is 12.5. The summed E-state index contributed by atoms with van der Waals surface area (Å²) in [6.07, 6.45) is 5.44. The Bertz CT molecular complexity index is 555. The van der Waals surface area contributed by atoms with E-state index in [2.05, 4.69) is 9.97 Å². The summed E-state index contributed by atoms with van der Waals surface area (Å²) in [6, 6.07) is 1.70. The fourth-order valence-electron chi connectivity index (χ4n) is 3.11. The van der Waals surface area contributed by atoms with E-state index in [4.69, 9.17) is 9.47 Å². The van der Waals surface area contributed by atoms with E-state index in [1.54, 1.807) is 25.4 Å². The minimum absolute atomic E-state index is 0.0914. The monoisotopic (exact) mass is 305 g/mol. The predicted molar refractivity (Wildman–Crippen MR) is 77.2 cm³/mol. The molecule has 7 nitrogen and oxygen atoms in total. The number of aromatic nitrogens is 2. The van der Waals surface area contributed by atoms with E-state index in [-0.39, 0.29) is 11.9 Å². The van der Waals surface area contributed by atoms with Gasteiger partial charge in [0.05, 0.1) is 19.1 Å². The molecule has 0 atom stereocenters. The van der Waals surface area contributed by atoms with Crippen molar-refractivity contribution in [3.63, 3.8) is 0 Å². The maximum Gasteiger partial charge on any atom is 0.417 e. The lowest BCUT2D eigenvalue weighted by atomic mass is 9.79. The van der Waals surface area contributed by atoms with Crippen molar-refractivity contribution in [1.29, 1.82) is 0 Å². The molecule has 22 heavy (non-hydrogen) atoms. The molecular weight excluding hydrogens is 286 g/mol. The van der Waals surface area contributed by atoms with Crippen molar-refractivity contribution in [1.82, 2.24) is 9.97 Å². The first-order valence-electron chi connectivity index (χ1n) is 7.58. The Hall–Kier alpha value is -2.18. The van der Waals surface area contributed by atoms with Crippen LogP contribution in [-0.4, -0.2) is 40.8 Å². The molecular formula is C15H19N3O4. The van der Waals surface area contributed by atoms with Gasteiger partial charge in [-0.3, -0.25) is 4.79 Å². The van der Waals surface area contributed by atoms with Gasteiger partial charge in [0.25, 0.3) is 0 Å². The second-order valence-electron chi connectivity index (χ2n) is 5.71. The normalized spacial score (nSPS) is 27.8. The van der Waals surface area contributed by atoms with Gasteiger partial charge in [0.15, 0.2) is 0 Å². The van der Waals surface area contributed by atoms with E-state index in [1.165, 1.54) is 4.90 Å². The molecule has 0 radical (unpaired) electrons. The van der Waals surface area contributed by atoms with E-state index in [0.717, 1.165) is 0 Å². The van der Waals surface area contributed by atoms with Crippen LogP contribution in [0.3, 0.4) is 0 Å². The minimum Gasteiger partial charge on any atom is -0.466 e. The average molecular weight is 305 g/mol. The number of hydrogen-bond donors (Lipinski definition) is 0. The molecule has 2 heterocycles. The third-order valence-corrected chi connectivity index (χ3v) is 4.28. The fourth-order valence-corrected chi connectivity index (χ4v) is 3.11. The van der Waals surface area contributed by atoms with Gasteiger partial charge in [-0.15, -0.1) is 0 Å². The number of amides is 1. The summed E-state index contributed by atoms with van der Waals surface area (Å²) in [6.45, 7) is 2.64. The first-order chi connectivity index (χ1) is 10.6. The van der Waals surface area contributed by atoms with E-state index in [1.807, 2.05) is 0 Å². The number of carbonyl (C=O) groups is 2. The van der Waals surface area contributed by atoms with Crippen molar-refractivity contribution in [3.8, 4) is 0 Å². The van der Waals surface area contributed by atoms with Gasteiger partial charge in [0, 0.05) is 12.4 Å². The maximum atomic E-state index is 12.1. The molecule has 0 aromatic carbocycles. The van der Waals surface area contributed by atoms with Crippen LogP contribution in [0.1, 0.15) is 32.6 Å². The molecule has 1 aliphatic carbocycles. The van der Waals surface area contributed by atoms with Gasteiger partial charge < -0.3 is 9.47 Å². The van der Waals surface area contributed by atoms with Gasteiger partial charge in [-0.2, -0.15) is 0 Å². The van der Waals surface area contributed by atoms with Gasteiger partial charge in [0.1, 0.15) is 5.60 Å². The van der Waals surface area contributed by atoms with Crippen LogP contribution >= 0.6 is 0 Å². The number of esters is 1. The first kappa shape index (κ1) is 14.7. The molecule has 0 bridgehead atoms. The number of carbonyl (C=O) groups excluding carboxylic acids is 2. The molecule has 1 saturated carbocycles. The molecule has 3 rings (SSSR count). The van der Waals surface area contributed by atoms with E-state index >= 15 is 0 Å². The highest BCUT2D eigenvalue weighted by atomic mass is 16.6. The van der Waals surface area contributed by atoms with E-state index < -0.39 is 11.7 Å². The Morgan fingerprint density at radius 1 is 1.41 bits per heavy atom. The fraction of sp³-hybridized carbons (Fsp3) is 0.600. The quantitative estimate of drug-likeness (QED) is 0.794. The Balaban J connectivity index is 1.65. The van der Waals surface area contributed by atoms with Gasteiger partial charge in [-0.25, -0.2) is 19.7 Å². The van der Waals surface area contributed by atoms with Crippen molar-refractivity contribution in [3.05, 3.63) is 18.5 Å². The van der Waals surface area contributed by atoms with E-state index in [0.29, 0.717) is 44.8 Å². The van der Waals surface area contributed by atoms with Crippen molar-refractivity contribution in [2.24, 2.45) is 5.92 Å². The third-order valence-electron chi connectivity index (χ3n) is 4.28. The standard InChI is InChI=1S/C15H19N3O4/c1-2-21-12(19)11-4-6-15(7-5-11)10-18(14(20)22-15)13-16-8-3-9-17-13/h3,8-9,11H,2,4-7,10H2,1H3/t11-,15-. The molecule has 7 heteroatoms. The lowest BCUT2D eigenvalue weighted by molar-refractivity contribution is -0.150. The molecule has 118 valence electrons. The molecule has 1 spiro atoms. The molecule has 2 aliphatic rings. The number of hydrogen-bond acceptors (Lipinski definition) is 6. The second-order valence-corrected chi connectivity index (χ2v) is 5.71. The van der Waals surface area contributed by atoms with Gasteiger partial charge in [-0.1, -0.05) is 0 Å². The van der Waals surface area contributed by atoms with Crippen LogP contribution in [0, 0.1) is 5.92 Å². The topological polar surface area (TPSA) is 81.6 Å². The molecule has 1 amide bonds. The van der Waals surface area contributed by atoms with Gasteiger partial charge in [-0.05, 0) is 38.7 Å². The summed E-state index contributed by atoms with van der Waals surface area (Å²) in [7, 11) is 0. The number of rotatable bonds is 3. The van der Waals surface area contributed by atoms with Crippen molar-refractivity contribution in [2.45, 2.75) is 38.2 Å². The lowest BCUT2D eigenvalue weighted by Crippen LogP contribution is -2.40.